The van der Waals surface area contributed by atoms with Crippen molar-refractivity contribution in [1.29, 1.82) is 5.26 Å². The zero-order valence-electron chi connectivity index (χ0n) is 15.4. The fourth-order valence-corrected chi connectivity index (χ4v) is 3.48. The number of carbonyl (C=O) groups excluding carboxylic acids is 1. The van der Waals surface area contributed by atoms with E-state index in [1.807, 2.05) is 10.9 Å². The molecule has 1 fully saturated rings. The summed E-state index contributed by atoms with van der Waals surface area (Å²) in [5.74, 6) is -0.504. The first-order chi connectivity index (χ1) is 14.0. The largest absolute Gasteiger partial charge is 0.431 e. The second-order valence-electron chi connectivity index (χ2n) is 6.68. The van der Waals surface area contributed by atoms with Gasteiger partial charge in [-0.05, 0) is 43.6 Å². The van der Waals surface area contributed by atoms with E-state index in [0.29, 0.717) is 22.0 Å². The summed E-state index contributed by atoms with van der Waals surface area (Å²) in [6.45, 7) is 1.84. The van der Waals surface area contributed by atoms with Gasteiger partial charge in [-0.25, -0.2) is 0 Å². The van der Waals surface area contributed by atoms with Crippen LogP contribution in [0.5, 0.6) is 0 Å². The number of anilines is 2. The summed E-state index contributed by atoms with van der Waals surface area (Å²) in [4.78, 5) is 16.1. The molecule has 4 rings (SSSR count). The molecule has 9 nitrogen and oxygen atoms in total. The zero-order valence-corrected chi connectivity index (χ0v) is 16.1. The molecule has 0 atom stereocenters. The molecule has 1 amide bonds. The Morgan fingerprint density at radius 3 is 2.90 bits per heavy atom. The van der Waals surface area contributed by atoms with E-state index in [2.05, 4.69) is 26.8 Å². The average Bonchev–Trinajstić information content (AvgIpc) is 3.37. The molecule has 1 aliphatic rings. The Bertz CT molecular complexity index is 1090. The van der Waals surface area contributed by atoms with Crippen molar-refractivity contribution in [3.8, 4) is 17.2 Å². The normalized spacial score (nSPS) is 14.5. The van der Waals surface area contributed by atoms with Crippen molar-refractivity contribution in [1.82, 2.24) is 20.1 Å². The van der Waals surface area contributed by atoms with E-state index in [1.165, 1.54) is 6.26 Å². The minimum absolute atomic E-state index is 0.0420. The predicted octanol–water partition coefficient (Wildman–Crippen LogP) is 2.82. The van der Waals surface area contributed by atoms with Crippen LogP contribution in [-0.4, -0.2) is 33.8 Å². The third-order valence-corrected chi connectivity index (χ3v) is 5.13. The number of nitrogens with zero attached hydrogens (tertiary/aromatic N) is 4. The lowest BCUT2D eigenvalue weighted by Crippen LogP contribution is -2.29. The van der Waals surface area contributed by atoms with Crippen LogP contribution in [-0.2, 0) is 0 Å². The number of nitrogens with two attached hydrogens (primary N) is 1. The Labute approximate surface area is 171 Å². The fourth-order valence-electron chi connectivity index (χ4n) is 3.31. The average molecular weight is 412 g/mol. The summed E-state index contributed by atoms with van der Waals surface area (Å²) in [6.07, 6.45) is 4.95. The lowest BCUT2D eigenvalue weighted by Gasteiger charge is -2.22. The summed E-state index contributed by atoms with van der Waals surface area (Å²) in [5.41, 5.74) is 7.57. The van der Waals surface area contributed by atoms with Gasteiger partial charge in [0.15, 0.2) is 11.4 Å². The third kappa shape index (κ3) is 3.94. The van der Waals surface area contributed by atoms with Crippen molar-refractivity contribution in [3.05, 3.63) is 47.1 Å². The van der Waals surface area contributed by atoms with Gasteiger partial charge in [-0.3, -0.25) is 9.48 Å². The maximum absolute atomic E-state index is 12.3. The Balaban J connectivity index is 1.64. The number of aromatic nitrogens is 3. The van der Waals surface area contributed by atoms with Crippen molar-refractivity contribution < 1.29 is 9.21 Å². The highest BCUT2D eigenvalue weighted by molar-refractivity contribution is 6.34. The molecule has 3 heterocycles. The van der Waals surface area contributed by atoms with Crippen LogP contribution < -0.4 is 16.4 Å². The summed E-state index contributed by atoms with van der Waals surface area (Å²) < 4.78 is 6.72. The van der Waals surface area contributed by atoms with Crippen LogP contribution >= 0.6 is 11.6 Å². The van der Waals surface area contributed by atoms with Gasteiger partial charge in [0, 0.05) is 11.8 Å². The molecule has 4 N–H and O–H groups in total. The molecule has 1 saturated heterocycles. The SMILES string of the molecule is N#Cc1nn(C2CCNCC2)cc1-c1ccc(Cl)c(NC(=O)c2coc(N)n2)c1. The Hall–Kier alpha value is -3.35. The molecule has 2 aromatic heterocycles. The monoisotopic (exact) mass is 411 g/mol. The Kier molecular flexibility index (Phi) is 5.20. The number of piperidine rings is 1. The highest BCUT2D eigenvalue weighted by Gasteiger charge is 2.20. The van der Waals surface area contributed by atoms with Crippen molar-refractivity contribution in [2.24, 2.45) is 0 Å². The van der Waals surface area contributed by atoms with Gasteiger partial charge >= 0.3 is 0 Å². The Morgan fingerprint density at radius 1 is 1.41 bits per heavy atom. The van der Waals surface area contributed by atoms with Gasteiger partial charge < -0.3 is 20.8 Å². The van der Waals surface area contributed by atoms with Crippen LogP contribution in [0.25, 0.3) is 11.1 Å². The molecule has 148 valence electrons. The first kappa shape index (κ1) is 19.0. The van der Waals surface area contributed by atoms with Crippen LogP contribution in [0.4, 0.5) is 11.7 Å². The Morgan fingerprint density at radius 2 is 2.21 bits per heavy atom. The summed E-state index contributed by atoms with van der Waals surface area (Å²) in [6, 6.07) is 7.46. The molecule has 1 aliphatic heterocycles. The van der Waals surface area contributed by atoms with Gasteiger partial charge in [0.25, 0.3) is 11.9 Å². The number of hydrogen-bond acceptors (Lipinski definition) is 7. The van der Waals surface area contributed by atoms with Crippen LogP contribution in [0.15, 0.2) is 35.1 Å². The number of nitrogens with one attached hydrogen (secondary N) is 2. The van der Waals surface area contributed by atoms with Crippen molar-refractivity contribution in [2.45, 2.75) is 18.9 Å². The zero-order chi connectivity index (χ0) is 20.4. The van der Waals surface area contributed by atoms with Gasteiger partial charge in [-0.1, -0.05) is 17.7 Å². The number of hydrogen-bond donors (Lipinski definition) is 3. The minimum atomic E-state index is -0.504. The van der Waals surface area contributed by atoms with E-state index in [-0.39, 0.29) is 17.8 Å². The number of amides is 1. The summed E-state index contributed by atoms with van der Waals surface area (Å²) in [7, 11) is 0. The topological polar surface area (TPSA) is 135 Å². The number of halogens is 1. The van der Waals surface area contributed by atoms with Crippen molar-refractivity contribution >= 4 is 29.2 Å². The first-order valence-electron chi connectivity index (χ1n) is 9.07. The van der Waals surface area contributed by atoms with Crippen LogP contribution in [0.2, 0.25) is 5.02 Å². The van der Waals surface area contributed by atoms with Crippen LogP contribution in [0.3, 0.4) is 0 Å². The highest BCUT2D eigenvalue weighted by atomic mass is 35.5. The van der Waals surface area contributed by atoms with Crippen molar-refractivity contribution in [2.75, 3.05) is 24.1 Å². The fraction of sp³-hybridized carbons (Fsp3) is 0.263. The van der Waals surface area contributed by atoms with Gasteiger partial charge in [-0.2, -0.15) is 15.3 Å². The van der Waals surface area contributed by atoms with Crippen molar-refractivity contribution in [3.63, 3.8) is 0 Å². The molecular formula is C19H18ClN7O2. The number of nitrogen functional groups attached to an aromatic ring is 1. The lowest BCUT2D eigenvalue weighted by atomic mass is 10.1. The maximum Gasteiger partial charge on any atom is 0.292 e. The van der Waals surface area contributed by atoms with E-state index in [1.54, 1.807) is 18.2 Å². The molecule has 0 unspecified atom stereocenters. The third-order valence-electron chi connectivity index (χ3n) is 4.80. The van der Waals surface area contributed by atoms with E-state index in [9.17, 15) is 10.1 Å². The number of rotatable bonds is 4. The second-order valence-corrected chi connectivity index (χ2v) is 7.09. The number of oxazole rings is 1. The molecule has 0 radical (unpaired) electrons. The van der Waals surface area contributed by atoms with E-state index >= 15 is 0 Å². The minimum Gasteiger partial charge on any atom is -0.431 e. The molecule has 0 saturated carbocycles. The summed E-state index contributed by atoms with van der Waals surface area (Å²) in [5, 5.41) is 20.4. The molecule has 29 heavy (non-hydrogen) atoms. The lowest BCUT2D eigenvalue weighted by molar-refractivity contribution is 0.102. The van der Waals surface area contributed by atoms with E-state index in [4.69, 9.17) is 21.8 Å². The van der Waals surface area contributed by atoms with Gasteiger partial charge in [0.2, 0.25) is 0 Å². The van der Waals surface area contributed by atoms with E-state index in [0.717, 1.165) is 31.5 Å². The van der Waals surface area contributed by atoms with Gasteiger partial charge in [0.1, 0.15) is 12.3 Å². The molecular weight excluding hydrogens is 394 g/mol. The molecule has 1 aromatic carbocycles. The second kappa shape index (κ2) is 7.95. The first-order valence-corrected chi connectivity index (χ1v) is 9.45. The van der Waals surface area contributed by atoms with Gasteiger partial charge in [0.05, 0.1) is 16.8 Å². The molecule has 10 heteroatoms. The molecule has 0 spiro atoms. The predicted molar refractivity (Wildman–Crippen MR) is 107 cm³/mol. The standard InChI is InChI=1S/C19H18ClN7O2/c20-14-2-1-11(7-15(14)24-18(28)17-10-29-19(22)25-17)13-9-27(26-16(13)8-21)12-3-5-23-6-4-12/h1-2,7,9-10,12,23H,3-6H2,(H2,22,25)(H,24,28). The number of carbonyl (C=O) groups is 1. The molecule has 3 aromatic rings. The molecule has 0 aliphatic carbocycles. The van der Waals surface area contributed by atoms with Crippen LogP contribution in [0, 0.1) is 11.3 Å². The number of nitriles is 1. The summed E-state index contributed by atoms with van der Waals surface area (Å²) >= 11 is 6.24. The number of benzene rings is 1. The molecule has 0 bridgehead atoms. The van der Waals surface area contributed by atoms with Crippen LogP contribution in [0.1, 0.15) is 35.1 Å². The quantitative estimate of drug-likeness (QED) is 0.600. The maximum atomic E-state index is 12.3. The van der Waals surface area contributed by atoms with Gasteiger partial charge in [-0.15, -0.1) is 0 Å². The highest BCUT2D eigenvalue weighted by Crippen LogP contribution is 2.32. The van der Waals surface area contributed by atoms with E-state index < -0.39 is 5.91 Å². The smallest absolute Gasteiger partial charge is 0.292 e.